The quantitative estimate of drug-likeness (QED) is 0.383. The van der Waals surface area contributed by atoms with Crippen LogP contribution >= 0.6 is 11.6 Å². The molecule has 11 heteroatoms. The minimum Gasteiger partial charge on any atom is -0.340 e. The Morgan fingerprint density at radius 2 is 1.97 bits per heavy atom. The van der Waals surface area contributed by atoms with Gasteiger partial charge in [-0.2, -0.15) is 13.2 Å². The van der Waals surface area contributed by atoms with Crippen LogP contribution in [0.5, 0.6) is 0 Å². The summed E-state index contributed by atoms with van der Waals surface area (Å²) in [5.74, 6) is 0.524. The second-order valence-corrected chi connectivity index (χ2v) is 8.44. The van der Waals surface area contributed by atoms with E-state index in [1.807, 2.05) is 11.0 Å². The van der Waals surface area contributed by atoms with Crippen molar-refractivity contribution < 1.29 is 18.0 Å². The molecule has 0 radical (unpaired) electrons. The molecule has 32 heavy (non-hydrogen) atoms. The van der Waals surface area contributed by atoms with Crippen LogP contribution in [0.4, 0.5) is 24.5 Å². The predicted molar refractivity (Wildman–Crippen MR) is 114 cm³/mol. The number of nitrogens with zero attached hydrogens (tertiary/aromatic N) is 6. The van der Waals surface area contributed by atoms with E-state index in [0.29, 0.717) is 23.0 Å². The number of imidazole rings is 1. The Hall–Kier alpha value is -2.88. The molecule has 1 aliphatic carbocycles. The maximum Gasteiger partial charge on any atom is 0.389 e. The summed E-state index contributed by atoms with van der Waals surface area (Å²) in [6, 6.07) is 5.48. The lowest BCUT2D eigenvalue weighted by atomic mass is 10.3. The Balaban J connectivity index is 1.51. The summed E-state index contributed by atoms with van der Waals surface area (Å²) in [7, 11) is 0. The van der Waals surface area contributed by atoms with E-state index >= 15 is 0 Å². The number of hydrogen-bond acceptors (Lipinski definition) is 6. The van der Waals surface area contributed by atoms with E-state index in [2.05, 4.69) is 19.9 Å². The molecule has 4 heterocycles. The lowest BCUT2D eigenvalue weighted by Gasteiger charge is -2.28. The lowest BCUT2D eigenvalue weighted by Crippen LogP contribution is -2.45. The van der Waals surface area contributed by atoms with Gasteiger partial charge in [0.05, 0.1) is 29.6 Å². The Kier molecular flexibility index (Phi) is 5.19. The molecule has 5 rings (SSSR count). The zero-order valence-electron chi connectivity index (χ0n) is 17.0. The number of halogens is 4. The minimum absolute atomic E-state index is 0.0892. The average molecular weight is 465 g/mol. The van der Waals surface area contributed by atoms with Gasteiger partial charge in [-0.25, -0.2) is 9.97 Å². The van der Waals surface area contributed by atoms with Crippen LogP contribution in [0.1, 0.15) is 31.5 Å². The van der Waals surface area contributed by atoms with Crippen LogP contribution in [0.25, 0.3) is 11.2 Å². The number of carbonyl (C=O) groups excluding carboxylic acids is 1. The molecule has 1 atom stereocenters. The van der Waals surface area contributed by atoms with Crippen molar-refractivity contribution >= 4 is 40.4 Å². The van der Waals surface area contributed by atoms with E-state index in [1.54, 1.807) is 29.1 Å². The number of alkyl halides is 3. The molecule has 0 saturated heterocycles. The number of aldehydes is 1. The second kappa shape index (κ2) is 7.91. The minimum atomic E-state index is -4.23. The maximum atomic E-state index is 12.8. The highest BCUT2D eigenvalue weighted by Crippen LogP contribution is 2.45. The van der Waals surface area contributed by atoms with Gasteiger partial charge in [-0.1, -0.05) is 11.6 Å². The number of anilines is 2. The van der Waals surface area contributed by atoms with E-state index < -0.39 is 18.8 Å². The number of fused-ring (bicyclic) bond motifs is 2. The highest BCUT2D eigenvalue weighted by molar-refractivity contribution is 6.29. The van der Waals surface area contributed by atoms with E-state index in [9.17, 15) is 18.0 Å². The summed E-state index contributed by atoms with van der Waals surface area (Å²) in [6.45, 7) is 0.353. The van der Waals surface area contributed by atoms with Gasteiger partial charge in [-0.15, -0.1) is 0 Å². The molecule has 0 amide bonds. The first-order chi connectivity index (χ1) is 15.4. The lowest BCUT2D eigenvalue weighted by molar-refractivity contribution is -0.135. The summed E-state index contributed by atoms with van der Waals surface area (Å²) in [6.07, 6.45) is 0.579. The molecule has 1 unspecified atom stereocenters. The second-order valence-electron chi connectivity index (χ2n) is 8.06. The van der Waals surface area contributed by atoms with Gasteiger partial charge in [-0.05, 0) is 37.5 Å². The highest BCUT2D eigenvalue weighted by Gasteiger charge is 2.44. The van der Waals surface area contributed by atoms with Gasteiger partial charge in [0.15, 0.2) is 18.1 Å². The first-order valence-electron chi connectivity index (χ1n) is 10.4. The number of aromatic nitrogens is 4. The summed E-state index contributed by atoms with van der Waals surface area (Å²) < 4.78 is 40.0. The van der Waals surface area contributed by atoms with Crippen molar-refractivity contribution in [2.24, 2.45) is 0 Å². The molecule has 2 aliphatic rings. The largest absolute Gasteiger partial charge is 0.389 e. The smallest absolute Gasteiger partial charge is 0.340 e. The number of carbonyl (C=O) groups is 1. The van der Waals surface area contributed by atoms with Crippen molar-refractivity contribution in [2.75, 3.05) is 9.80 Å². The Bertz CT molecular complexity index is 1160. The van der Waals surface area contributed by atoms with Crippen molar-refractivity contribution in [3.8, 4) is 0 Å². The number of rotatable bonds is 7. The van der Waals surface area contributed by atoms with E-state index in [0.717, 1.165) is 30.5 Å². The summed E-state index contributed by atoms with van der Waals surface area (Å²) >= 11 is 6.01. The molecule has 1 saturated carbocycles. The molecule has 7 nitrogen and oxygen atoms in total. The topological polar surface area (TPSA) is 67.2 Å². The molecular formula is C21H20ClF3N6O. The Labute approximate surface area is 186 Å². The monoisotopic (exact) mass is 464 g/mol. The molecule has 168 valence electrons. The Morgan fingerprint density at radius 3 is 2.69 bits per heavy atom. The first-order valence-corrected chi connectivity index (χ1v) is 10.8. The van der Waals surface area contributed by atoms with Crippen LogP contribution in [-0.4, -0.2) is 44.2 Å². The van der Waals surface area contributed by atoms with Crippen LogP contribution < -0.4 is 9.80 Å². The fraction of sp³-hybridized carbons (Fsp3) is 0.429. The van der Waals surface area contributed by atoms with Gasteiger partial charge in [0.2, 0.25) is 0 Å². The SMILES string of the molecule is O=CC1N(Cc2nc3nc(Cl)ccc3n2CCCC(F)(F)F)c2cnccc2N1C1CC1. The number of aryl methyl sites for hydroxylation is 1. The van der Waals surface area contributed by atoms with Gasteiger partial charge < -0.3 is 14.4 Å². The van der Waals surface area contributed by atoms with E-state index in [1.165, 1.54) is 0 Å². The van der Waals surface area contributed by atoms with Crippen LogP contribution in [0.2, 0.25) is 5.15 Å². The summed E-state index contributed by atoms with van der Waals surface area (Å²) in [5, 5.41) is 0.255. The van der Waals surface area contributed by atoms with Crippen molar-refractivity contribution in [1.82, 2.24) is 19.5 Å². The standard InChI is InChI=1S/C21H20ClF3N6O/c22-17-5-4-15-20(27-17)28-18(29(15)9-1-7-21(23,24)25)11-30-16-10-26-8-6-14(16)31(13-2-3-13)19(30)12-32/h4-6,8,10,12-13,19H,1-3,7,9,11H2. The van der Waals surface area contributed by atoms with Gasteiger partial charge >= 0.3 is 6.18 Å². The third kappa shape index (κ3) is 3.87. The first kappa shape index (κ1) is 21.0. The van der Waals surface area contributed by atoms with Crippen molar-refractivity contribution in [2.45, 2.75) is 57.2 Å². The van der Waals surface area contributed by atoms with Crippen LogP contribution in [-0.2, 0) is 17.9 Å². The van der Waals surface area contributed by atoms with E-state index in [-0.39, 0.29) is 24.7 Å². The zero-order valence-corrected chi connectivity index (χ0v) is 17.7. The van der Waals surface area contributed by atoms with Crippen LogP contribution in [0, 0.1) is 0 Å². The van der Waals surface area contributed by atoms with Gasteiger partial charge in [0, 0.05) is 25.2 Å². The molecule has 0 aromatic carbocycles. The highest BCUT2D eigenvalue weighted by atomic mass is 35.5. The molecule has 1 fully saturated rings. The summed E-state index contributed by atoms with van der Waals surface area (Å²) in [4.78, 5) is 29.1. The third-order valence-electron chi connectivity index (χ3n) is 5.84. The number of pyridine rings is 2. The van der Waals surface area contributed by atoms with Crippen molar-refractivity contribution in [1.29, 1.82) is 0 Å². The van der Waals surface area contributed by atoms with Gasteiger partial charge in [0.25, 0.3) is 0 Å². The van der Waals surface area contributed by atoms with Crippen molar-refractivity contribution in [3.05, 3.63) is 41.6 Å². The maximum absolute atomic E-state index is 12.8. The molecule has 0 N–H and O–H groups in total. The fourth-order valence-electron chi connectivity index (χ4n) is 4.33. The average Bonchev–Trinajstić information content (AvgIpc) is 3.46. The van der Waals surface area contributed by atoms with Gasteiger partial charge in [-0.3, -0.25) is 9.78 Å². The van der Waals surface area contributed by atoms with Crippen molar-refractivity contribution in [3.63, 3.8) is 0 Å². The molecule has 3 aromatic heterocycles. The third-order valence-corrected chi connectivity index (χ3v) is 6.05. The molecule has 1 aliphatic heterocycles. The molecule has 0 bridgehead atoms. The van der Waals surface area contributed by atoms with Gasteiger partial charge in [0.1, 0.15) is 11.0 Å². The normalized spacial score (nSPS) is 18.4. The predicted octanol–water partition coefficient (Wildman–Crippen LogP) is 4.34. The molecule has 3 aromatic rings. The van der Waals surface area contributed by atoms with E-state index in [4.69, 9.17) is 11.6 Å². The zero-order chi connectivity index (χ0) is 22.5. The molecule has 0 spiro atoms. The summed E-state index contributed by atoms with van der Waals surface area (Å²) in [5.41, 5.74) is 2.71. The van der Waals surface area contributed by atoms with Crippen LogP contribution in [0.3, 0.4) is 0 Å². The Morgan fingerprint density at radius 1 is 1.16 bits per heavy atom. The molecular weight excluding hydrogens is 445 g/mol. The number of hydrogen-bond donors (Lipinski definition) is 0. The fourth-order valence-corrected chi connectivity index (χ4v) is 4.47. The van der Waals surface area contributed by atoms with Crippen LogP contribution in [0.15, 0.2) is 30.6 Å².